The second-order valence-electron chi connectivity index (χ2n) is 3.41. The van der Waals surface area contributed by atoms with Gasteiger partial charge in [0.15, 0.2) is 0 Å². The number of anilines is 1. The Balaban J connectivity index is 0.00000144. The molecule has 0 atom stereocenters. The van der Waals surface area contributed by atoms with E-state index >= 15 is 0 Å². The molecule has 0 aliphatic carbocycles. The molecule has 2 heterocycles. The molecule has 6 heteroatoms. The monoisotopic (exact) mass is 270 g/mol. The van der Waals surface area contributed by atoms with Crippen LogP contribution in [0.1, 0.15) is 0 Å². The first-order valence-electron chi connectivity index (χ1n) is 5.03. The molecule has 0 fully saturated rings. The second-order valence-corrected chi connectivity index (χ2v) is 4.39. The lowest BCUT2D eigenvalue weighted by Gasteiger charge is -2.06. The maximum absolute atomic E-state index is 5.66. The maximum atomic E-state index is 5.66. The molecule has 0 amide bonds. The molecule has 0 spiro atoms. The Kier molecular flexibility index (Phi) is 5.31. The van der Waals surface area contributed by atoms with E-state index in [9.17, 15) is 0 Å². The smallest absolute Gasteiger partial charge is 0.140 e. The highest BCUT2D eigenvalue weighted by Crippen LogP contribution is 2.18. The molecular weight excluding hydrogens is 256 g/mol. The molecule has 0 aliphatic rings. The number of aryl methyl sites for hydroxylation is 1. The van der Waals surface area contributed by atoms with Crippen molar-refractivity contribution in [3.8, 4) is 11.4 Å². The summed E-state index contributed by atoms with van der Waals surface area (Å²) in [5.74, 6) is 2.55. The van der Waals surface area contributed by atoms with Crippen LogP contribution in [0.15, 0.2) is 30.7 Å². The van der Waals surface area contributed by atoms with Crippen LogP contribution in [0.25, 0.3) is 11.4 Å². The Hall–Kier alpha value is -1.20. The van der Waals surface area contributed by atoms with Gasteiger partial charge in [-0.1, -0.05) is 0 Å². The minimum atomic E-state index is 0. The quantitative estimate of drug-likeness (QED) is 0.926. The van der Waals surface area contributed by atoms with Gasteiger partial charge in [-0.05, 0) is 18.4 Å². The molecule has 0 radical (unpaired) electrons. The number of thioether (sulfide) groups is 1. The number of pyridine rings is 1. The summed E-state index contributed by atoms with van der Waals surface area (Å²) in [4.78, 5) is 8.33. The minimum Gasteiger partial charge on any atom is -0.384 e. The zero-order valence-electron chi connectivity index (χ0n) is 9.54. The maximum Gasteiger partial charge on any atom is 0.140 e. The van der Waals surface area contributed by atoms with Crippen molar-refractivity contribution in [3.05, 3.63) is 30.7 Å². The van der Waals surface area contributed by atoms with Crippen LogP contribution in [0.5, 0.6) is 0 Å². The first-order chi connectivity index (χ1) is 7.81. The number of hydrogen-bond donors (Lipinski definition) is 1. The highest BCUT2D eigenvalue weighted by atomic mass is 35.5. The van der Waals surface area contributed by atoms with Crippen molar-refractivity contribution in [2.24, 2.45) is 0 Å². The molecular formula is C11H15ClN4S. The molecule has 0 saturated heterocycles. The van der Waals surface area contributed by atoms with Crippen LogP contribution >= 0.6 is 24.2 Å². The predicted octanol–water partition coefficient (Wildman–Crippen LogP) is 2.31. The predicted molar refractivity (Wildman–Crippen MR) is 75.5 cm³/mol. The molecule has 0 saturated carbocycles. The lowest BCUT2D eigenvalue weighted by molar-refractivity contribution is 0.780. The van der Waals surface area contributed by atoms with Crippen LogP contribution in [0.3, 0.4) is 0 Å². The fourth-order valence-corrected chi connectivity index (χ4v) is 1.91. The Labute approximate surface area is 111 Å². The van der Waals surface area contributed by atoms with Crippen molar-refractivity contribution in [2.45, 2.75) is 6.54 Å². The fourth-order valence-electron chi connectivity index (χ4n) is 1.53. The van der Waals surface area contributed by atoms with E-state index in [4.69, 9.17) is 5.73 Å². The van der Waals surface area contributed by atoms with Crippen molar-refractivity contribution in [1.29, 1.82) is 0 Å². The first kappa shape index (κ1) is 13.9. The number of nitrogens with two attached hydrogens (primary N) is 1. The summed E-state index contributed by atoms with van der Waals surface area (Å²) < 4.78 is 2.13. The zero-order chi connectivity index (χ0) is 11.4. The zero-order valence-corrected chi connectivity index (χ0v) is 11.2. The minimum absolute atomic E-state index is 0. The van der Waals surface area contributed by atoms with Crippen LogP contribution in [-0.4, -0.2) is 26.5 Å². The molecule has 2 aromatic heterocycles. The number of aromatic nitrogens is 3. The van der Waals surface area contributed by atoms with Gasteiger partial charge in [-0.25, -0.2) is 9.97 Å². The van der Waals surface area contributed by atoms with Crippen LogP contribution in [0.4, 0.5) is 5.82 Å². The first-order valence-corrected chi connectivity index (χ1v) is 6.42. The third kappa shape index (κ3) is 3.38. The van der Waals surface area contributed by atoms with Crippen LogP contribution in [0.2, 0.25) is 0 Å². The molecule has 0 aliphatic heterocycles. The molecule has 2 rings (SSSR count). The number of rotatable bonds is 4. The standard InChI is InChI=1S/C11H14N4S.ClH/c1-16-7-6-15-5-4-14-11(15)9-2-3-13-10(12)8-9;/h2-5,8H,6-7H2,1H3,(H2,12,13);1H. The SMILES string of the molecule is CSCCn1ccnc1-c1ccnc(N)c1.Cl. The van der Waals surface area contributed by atoms with Gasteiger partial charge in [-0.3, -0.25) is 0 Å². The van der Waals surface area contributed by atoms with Gasteiger partial charge >= 0.3 is 0 Å². The average molecular weight is 271 g/mol. The normalized spacial score (nSPS) is 9.94. The third-order valence-electron chi connectivity index (χ3n) is 2.29. The number of nitrogens with zero attached hydrogens (tertiary/aromatic N) is 3. The van der Waals surface area contributed by atoms with Crippen molar-refractivity contribution in [1.82, 2.24) is 14.5 Å². The lowest BCUT2D eigenvalue weighted by Crippen LogP contribution is -2.02. The number of hydrogen-bond acceptors (Lipinski definition) is 4. The van der Waals surface area contributed by atoms with Crippen LogP contribution in [-0.2, 0) is 6.54 Å². The van der Waals surface area contributed by atoms with E-state index in [-0.39, 0.29) is 12.4 Å². The summed E-state index contributed by atoms with van der Waals surface area (Å²) >= 11 is 1.82. The lowest BCUT2D eigenvalue weighted by atomic mass is 10.2. The number of imidazole rings is 1. The molecule has 4 nitrogen and oxygen atoms in total. The van der Waals surface area contributed by atoms with Crippen molar-refractivity contribution >= 4 is 30.0 Å². The van der Waals surface area contributed by atoms with E-state index in [2.05, 4.69) is 20.8 Å². The van der Waals surface area contributed by atoms with E-state index < -0.39 is 0 Å². The molecule has 17 heavy (non-hydrogen) atoms. The molecule has 0 bridgehead atoms. The van der Waals surface area contributed by atoms with Crippen LogP contribution < -0.4 is 5.73 Å². The molecule has 2 N–H and O–H groups in total. The van der Waals surface area contributed by atoms with Crippen molar-refractivity contribution in [2.75, 3.05) is 17.7 Å². The van der Waals surface area contributed by atoms with E-state index in [0.29, 0.717) is 5.82 Å². The average Bonchev–Trinajstić information content (AvgIpc) is 2.74. The summed E-state index contributed by atoms with van der Waals surface area (Å²) in [5, 5.41) is 0. The van der Waals surface area contributed by atoms with E-state index in [1.54, 1.807) is 6.20 Å². The molecule has 0 aromatic carbocycles. The van der Waals surface area contributed by atoms with Gasteiger partial charge < -0.3 is 10.3 Å². The van der Waals surface area contributed by atoms with E-state index in [1.807, 2.05) is 36.3 Å². The number of nitrogen functional groups attached to an aromatic ring is 1. The van der Waals surface area contributed by atoms with Crippen molar-refractivity contribution in [3.63, 3.8) is 0 Å². The third-order valence-corrected chi connectivity index (χ3v) is 2.88. The Morgan fingerprint density at radius 1 is 1.35 bits per heavy atom. The number of halogens is 1. The van der Waals surface area contributed by atoms with Gasteiger partial charge in [-0.15, -0.1) is 12.4 Å². The Bertz CT molecular complexity index is 472. The van der Waals surface area contributed by atoms with E-state index in [1.165, 1.54) is 0 Å². The summed E-state index contributed by atoms with van der Waals surface area (Å²) in [6.45, 7) is 0.957. The molecule has 92 valence electrons. The highest BCUT2D eigenvalue weighted by molar-refractivity contribution is 7.98. The summed E-state index contributed by atoms with van der Waals surface area (Å²) in [5.41, 5.74) is 6.68. The van der Waals surface area contributed by atoms with Crippen LogP contribution in [0, 0.1) is 0 Å². The van der Waals surface area contributed by atoms with Crippen molar-refractivity contribution < 1.29 is 0 Å². The molecule has 0 unspecified atom stereocenters. The van der Waals surface area contributed by atoms with E-state index in [0.717, 1.165) is 23.7 Å². The van der Waals surface area contributed by atoms with Gasteiger partial charge in [0, 0.05) is 36.5 Å². The summed E-state index contributed by atoms with van der Waals surface area (Å²) in [6.07, 6.45) is 7.60. The van der Waals surface area contributed by atoms with Gasteiger partial charge in [0.2, 0.25) is 0 Å². The Morgan fingerprint density at radius 3 is 2.88 bits per heavy atom. The highest BCUT2D eigenvalue weighted by Gasteiger charge is 2.05. The van der Waals surface area contributed by atoms with Gasteiger partial charge in [0.25, 0.3) is 0 Å². The summed E-state index contributed by atoms with van der Waals surface area (Å²) in [7, 11) is 0. The fraction of sp³-hybridized carbons (Fsp3) is 0.273. The Morgan fingerprint density at radius 2 is 2.18 bits per heavy atom. The topological polar surface area (TPSA) is 56.7 Å². The largest absolute Gasteiger partial charge is 0.384 e. The van der Waals surface area contributed by atoms with Gasteiger partial charge in [0.1, 0.15) is 11.6 Å². The van der Waals surface area contributed by atoms with Gasteiger partial charge in [0.05, 0.1) is 0 Å². The summed E-state index contributed by atoms with van der Waals surface area (Å²) in [6, 6.07) is 3.77. The van der Waals surface area contributed by atoms with Gasteiger partial charge in [-0.2, -0.15) is 11.8 Å². The second kappa shape index (κ2) is 6.51. The molecule has 2 aromatic rings.